The van der Waals surface area contributed by atoms with Crippen LogP contribution in [0, 0.1) is 10.1 Å². The first-order chi connectivity index (χ1) is 9.54. The molecule has 1 aromatic rings. The number of nitrogens with one attached hydrogen (secondary N) is 1. The number of hydrogen-bond donors (Lipinski definition) is 1. The number of ether oxygens (including phenoxy) is 1. The zero-order valence-electron chi connectivity index (χ0n) is 12.0. The molecule has 0 bridgehead atoms. The highest BCUT2D eigenvalue weighted by molar-refractivity contribution is 5.78. The van der Waals surface area contributed by atoms with Crippen molar-refractivity contribution < 1.29 is 9.66 Å². The molecule has 1 aliphatic heterocycles. The fraction of sp³-hybridized carbons (Fsp3) is 0.538. The van der Waals surface area contributed by atoms with Crippen molar-refractivity contribution in [1.82, 2.24) is 4.90 Å². The second kappa shape index (κ2) is 6.06. The third-order valence-electron chi connectivity index (χ3n) is 3.32. The number of nitrogens with zero attached hydrogens (tertiary/aromatic N) is 3. The molecule has 1 atom stereocenters. The number of non-ortho nitro benzene ring substituents is 1. The molecular formula is C13H20N4O3. The van der Waals surface area contributed by atoms with Crippen molar-refractivity contribution in [3.8, 4) is 0 Å². The molecule has 7 nitrogen and oxygen atoms in total. The van der Waals surface area contributed by atoms with Gasteiger partial charge in [-0.05, 0) is 26.6 Å². The van der Waals surface area contributed by atoms with E-state index in [1.165, 1.54) is 0 Å². The van der Waals surface area contributed by atoms with Crippen LogP contribution in [0.25, 0.3) is 0 Å². The summed E-state index contributed by atoms with van der Waals surface area (Å²) in [6.45, 7) is 1.52. The molecule has 1 aromatic carbocycles. The van der Waals surface area contributed by atoms with Crippen LogP contribution in [0.15, 0.2) is 18.2 Å². The Balaban J connectivity index is 2.23. The van der Waals surface area contributed by atoms with Gasteiger partial charge in [0.1, 0.15) is 0 Å². The van der Waals surface area contributed by atoms with Crippen LogP contribution in [0.4, 0.5) is 17.1 Å². The summed E-state index contributed by atoms with van der Waals surface area (Å²) in [4.78, 5) is 14.7. The van der Waals surface area contributed by atoms with Crippen molar-refractivity contribution in [2.24, 2.45) is 0 Å². The number of hydrogen-bond acceptors (Lipinski definition) is 6. The Kier molecular flexibility index (Phi) is 4.41. The summed E-state index contributed by atoms with van der Waals surface area (Å²) in [5, 5.41) is 14.2. The van der Waals surface area contributed by atoms with E-state index in [0.29, 0.717) is 6.61 Å². The Labute approximate surface area is 118 Å². The van der Waals surface area contributed by atoms with Gasteiger partial charge in [0.2, 0.25) is 0 Å². The molecule has 0 aromatic heterocycles. The van der Waals surface area contributed by atoms with Crippen molar-refractivity contribution in [3.05, 3.63) is 28.3 Å². The zero-order chi connectivity index (χ0) is 14.7. The standard InChI is InChI=1S/C13H20N4O3/c1-15(2)13-14-11-9-10(17(18)19)5-6-12(11)16(13)7-4-8-20-3/h5-6,9,13-14H,4,7-8H2,1-3H3. The average molecular weight is 280 g/mol. The van der Waals surface area contributed by atoms with E-state index in [-0.39, 0.29) is 16.9 Å². The van der Waals surface area contributed by atoms with Gasteiger partial charge in [0, 0.05) is 32.4 Å². The number of methoxy groups -OCH3 is 1. The summed E-state index contributed by atoms with van der Waals surface area (Å²) in [6.07, 6.45) is 0.905. The van der Waals surface area contributed by atoms with Gasteiger partial charge >= 0.3 is 0 Å². The van der Waals surface area contributed by atoms with Crippen LogP contribution in [0.2, 0.25) is 0 Å². The summed E-state index contributed by atoms with van der Waals surface area (Å²) in [5.74, 6) is 0. The molecule has 20 heavy (non-hydrogen) atoms. The van der Waals surface area contributed by atoms with Crippen molar-refractivity contribution >= 4 is 17.1 Å². The maximum Gasteiger partial charge on any atom is 0.271 e. The van der Waals surface area contributed by atoms with E-state index in [1.54, 1.807) is 25.3 Å². The molecule has 0 saturated heterocycles. The monoisotopic (exact) mass is 280 g/mol. The molecule has 1 unspecified atom stereocenters. The smallest absolute Gasteiger partial charge is 0.271 e. The van der Waals surface area contributed by atoms with Gasteiger partial charge in [0.05, 0.1) is 16.3 Å². The van der Waals surface area contributed by atoms with Crippen LogP contribution in [0.1, 0.15) is 6.42 Å². The summed E-state index contributed by atoms with van der Waals surface area (Å²) >= 11 is 0. The maximum absolute atomic E-state index is 10.8. The van der Waals surface area contributed by atoms with Gasteiger partial charge in [-0.3, -0.25) is 15.0 Å². The van der Waals surface area contributed by atoms with E-state index in [2.05, 4.69) is 10.2 Å². The lowest BCUT2D eigenvalue weighted by Crippen LogP contribution is -2.46. The lowest BCUT2D eigenvalue weighted by Gasteiger charge is -2.31. The van der Waals surface area contributed by atoms with Crippen molar-refractivity contribution in [2.75, 3.05) is 44.6 Å². The normalized spacial score (nSPS) is 17.2. The molecule has 0 aliphatic carbocycles. The molecule has 0 spiro atoms. The van der Waals surface area contributed by atoms with Crippen LogP contribution in [-0.4, -0.2) is 50.5 Å². The van der Waals surface area contributed by atoms with Gasteiger partial charge in [0.25, 0.3) is 5.69 Å². The van der Waals surface area contributed by atoms with Crippen molar-refractivity contribution in [1.29, 1.82) is 0 Å². The lowest BCUT2D eigenvalue weighted by molar-refractivity contribution is -0.384. The van der Waals surface area contributed by atoms with Crippen molar-refractivity contribution in [3.63, 3.8) is 0 Å². The Morgan fingerprint density at radius 3 is 2.85 bits per heavy atom. The molecular weight excluding hydrogens is 260 g/mol. The van der Waals surface area contributed by atoms with Gasteiger partial charge < -0.3 is 15.0 Å². The summed E-state index contributed by atoms with van der Waals surface area (Å²) in [7, 11) is 5.63. The molecule has 2 rings (SSSR count). The zero-order valence-corrected chi connectivity index (χ0v) is 12.0. The third-order valence-corrected chi connectivity index (χ3v) is 3.32. The molecule has 0 radical (unpaired) electrons. The number of nitro benzene ring substituents is 1. The molecule has 0 fully saturated rings. The Morgan fingerprint density at radius 1 is 1.50 bits per heavy atom. The largest absolute Gasteiger partial charge is 0.385 e. The van der Waals surface area contributed by atoms with Gasteiger partial charge in [-0.15, -0.1) is 0 Å². The summed E-state index contributed by atoms with van der Waals surface area (Å²) in [5.41, 5.74) is 1.90. The average Bonchev–Trinajstić information content (AvgIpc) is 2.77. The second-order valence-corrected chi connectivity index (χ2v) is 4.98. The van der Waals surface area contributed by atoms with Crippen molar-refractivity contribution in [2.45, 2.75) is 12.7 Å². The predicted octanol–water partition coefficient (Wildman–Crippen LogP) is 1.71. The van der Waals surface area contributed by atoms with Crippen LogP contribution >= 0.6 is 0 Å². The second-order valence-electron chi connectivity index (χ2n) is 4.98. The van der Waals surface area contributed by atoms with Gasteiger partial charge in [-0.25, -0.2) is 0 Å². The van der Waals surface area contributed by atoms with E-state index in [4.69, 9.17) is 4.74 Å². The Hall–Kier alpha value is -1.86. The molecule has 110 valence electrons. The fourth-order valence-electron chi connectivity index (χ4n) is 2.38. The van der Waals surface area contributed by atoms with Crippen LogP contribution in [-0.2, 0) is 4.74 Å². The summed E-state index contributed by atoms with van der Waals surface area (Å²) in [6, 6.07) is 4.93. The quantitative estimate of drug-likeness (QED) is 0.486. The molecule has 1 aliphatic rings. The lowest BCUT2D eigenvalue weighted by atomic mass is 10.2. The SMILES string of the molecule is COCCCN1c2ccc([N+](=O)[O-])cc2NC1N(C)C. The molecule has 0 amide bonds. The van der Waals surface area contributed by atoms with Gasteiger partial charge in [0.15, 0.2) is 6.29 Å². The first-order valence-corrected chi connectivity index (χ1v) is 6.51. The molecule has 1 N–H and O–H groups in total. The fourth-order valence-corrected chi connectivity index (χ4v) is 2.38. The maximum atomic E-state index is 10.8. The third kappa shape index (κ3) is 2.83. The van der Waals surface area contributed by atoms with E-state index in [0.717, 1.165) is 24.3 Å². The minimum Gasteiger partial charge on any atom is -0.385 e. The number of fused-ring (bicyclic) bond motifs is 1. The first kappa shape index (κ1) is 14.5. The van der Waals surface area contributed by atoms with Crippen LogP contribution in [0.3, 0.4) is 0 Å². The first-order valence-electron chi connectivity index (χ1n) is 6.51. The van der Waals surface area contributed by atoms with E-state index < -0.39 is 0 Å². The highest BCUT2D eigenvalue weighted by Gasteiger charge is 2.30. The number of rotatable bonds is 6. The Morgan fingerprint density at radius 2 is 2.25 bits per heavy atom. The van der Waals surface area contributed by atoms with E-state index >= 15 is 0 Å². The number of nitro groups is 1. The van der Waals surface area contributed by atoms with E-state index in [9.17, 15) is 10.1 Å². The minimum atomic E-state index is -0.375. The topological polar surface area (TPSA) is 70.9 Å². The summed E-state index contributed by atoms with van der Waals surface area (Å²) < 4.78 is 5.09. The van der Waals surface area contributed by atoms with Crippen LogP contribution < -0.4 is 10.2 Å². The minimum absolute atomic E-state index is 0.00357. The molecule has 0 saturated carbocycles. The van der Waals surface area contributed by atoms with Crippen LogP contribution in [0.5, 0.6) is 0 Å². The number of anilines is 2. The molecule has 1 heterocycles. The van der Waals surface area contributed by atoms with Gasteiger partial charge in [-0.2, -0.15) is 0 Å². The Bertz CT molecular complexity index is 493. The number of benzene rings is 1. The predicted molar refractivity (Wildman–Crippen MR) is 78.0 cm³/mol. The molecule has 7 heteroatoms. The highest BCUT2D eigenvalue weighted by Crippen LogP contribution is 2.37. The highest BCUT2D eigenvalue weighted by atomic mass is 16.6. The van der Waals surface area contributed by atoms with E-state index in [1.807, 2.05) is 19.0 Å². The van der Waals surface area contributed by atoms with Gasteiger partial charge in [-0.1, -0.05) is 0 Å².